The molecule has 0 radical (unpaired) electrons. The normalized spacial score (nSPS) is 17.1. The maximum absolute atomic E-state index is 11.6. The summed E-state index contributed by atoms with van der Waals surface area (Å²) in [6.45, 7) is 6.22. The minimum absolute atomic E-state index is 0. The van der Waals surface area contributed by atoms with E-state index in [9.17, 15) is 4.79 Å². The first-order valence-electron chi connectivity index (χ1n) is 5.74. The summed E-state index contributed by atoms with van der Waals surface area (Å²) in [5.74, 6) is 0.711. The highest BCUT2D eigenvalue weighted by Crippen LogP contribution is 2.38. The van der Waals surface area contributed by atoms with Gasteiger partial charge in [0.2, 0.25) is 5.91 Å². The Bertz CT molecular complexity index is 245. The summed E-state index contributed by atoms with van der Waals surface area (Å²) in [5, 5.41) is 3.07. The Labute approximate surface area is 116 Å². The van der Waals surface area contributed by atoms with Crippen LogP contribution in [-0.2, 0) is 4.79 Å². The molecule has 102 valence electrons. The molecule has 0 spiro atoms. The minimum Gasteiger partial charge on any atom is -0.349 e. The largest absolute Gasteiger partial charge is 0.349 e. The van der Waals surface area contributed by atoms with Crippen molar-refractivity contribution in [2.75, 3.05) is 6.54 Å². The summed E-state index contributed by atoms with van der Waals surface area (Å²) in [6, 6.07) is 0. The fraction of sp³-hybridized carbons (Fsp3) is 0.750. The van der Waals surface area contributed by atoms with Gasteiger partial charge >= 0.3 is 0 Å². The summed E-state index contributed by atoms with van der Waals surface area (Å²) in [7, 11) is 0. The number of hydrogen-bond donors (Lipinski definition) is 2. The van der Waals surface area contributed by atoms with Gasteiger partial charge in [-0.2, -0.15) is 0 Å². The van der Waals surface area contributed by atoms with Gasteiger partial charge in [-0.15, -0.1) is 31.4 Å². The molecule has 0 aliphatic heterocycles. The first-order valence-corrected chi connectivity index (χ1v) is 5.74. The fourth-order valence-corrected chi connectivity index (χ4v) is 1.83. The van der Waals surface area contributed by atoms with E-state index in [4.69, 9.17) is 5.73 Å². The van der Waals surface area contributed by atoms with Crippen molar-refractivity contribution in [2.24, 2.45) is 11.7 Å². The van der Waals surface area contributed by atoms with Crippen LogP contribution in [0.15, 0.2) is 12.7 Å². The van der Waals surface area contributed by atoms with E-state index in [1.54, 1.807) is 0 Å². The van der Waals surface area contributed by atoms with E-state index < -0.39 is 0 Å². The van der Waals surface area contributed by atoms with Gasteiger partial charge in [0, 0.05) is 13.0 Å². The average Bonchev–Trinajstić information content (AvgIpc) is 3.01. The molecule has 3 N–H and O–H groups in total. The van der Waals surface area contributed by atoms with Gasteiger partial charge in [-0.25, -0.2) is 0 Å². The monoisotopic (exact) mass is 282 g/mol. The highest BCUT2D eigenvalue weighted by molar-refractivity contribution is 5.85. The Morgan fingerprint density at radius 2 is 2.12 bits per heavy atom. The van der Waals surface area contributed by atoms with Gasteiger partial charge < -0.3 is 11.1 Å². The van der Waals surface area contributed by atoms with E-state index in [1.807, 2.05) is 6.08 Å². The molecule has 0 bridgehead atoms. The third-order valence-electron chi connectivity index (χ3n) is 3.14. The summed E-state index contributed by atoms with van der Waals surface area (Å²) in [5.41, 5.74) is 5.54. The predicted octanol–water partition coefficient (Wildman–Crippen LogP) is 2.43. The molecule has 0 heterocycles. The van der Waals surface area contributed by atoms with Crippen molar-refractivity contribution in [2.45, 2.75) is 44.6 Å². The van der Waals surface area contributed by atoms with E-state index >= 15 is 0 Å². The average molecular weight is 283 g/mol. The molecule has 1 amide bonds. The molecular weight excluding hydrogens is 259 g/mol. The van der Waals surface area contributed by atoms with Crippen LogP contribution in [0.2, 0.25) is 0 Å². The van der Waals surface area contributed by atoms with Crippen molar-refractivity contribution in [3.8, 4) is 0 Å². The third kappa shape index (κ3) is 6.29. The second-order valence-electron chi connectivity index (χ2n) is 4.62. The molecule has 17 heavy (non-hydrogen) atoms. The topological polar surface area (TPSA) is 55.1 Å². The van der Waals surface area contributed by atoms with Crippen LogP contribution >= 0.6 is 24.8 Å². The number of hydrogen-bond acceptors (Lipinski definition) is 2. The second-order valence-corrected chi connectivity index (χ2v) is 4.62. The molecule has 1 aliphatic carbocycles. The lowest BCUT2D eigenvalue weighted by Crippen LogP contribution is -2.53. The Morgan fingerprint density at radius 1 is 1.53 bits per heavy atom. The highest BCUT2D eigenvalue weighted by atomic mass is 35.5. The summed E-state index contributed by atoms with van der Waals surface area (Å²) in [6.07, 6.45) is 6.59. The zero-order valence-corrected chi connectivity index (χ0v) is 12.0. The van der Waals surface area contributed by atoms with Crippen molar-refractivity contribution < 1.29 is 4.79 Å². The number of unbranched alkanes of at least 4 members (excludes halogenated alkanes) is 1. The Morgan fingerprint density at radius 3 is 2.53 bits per heavy atom. The van der Waals surface area contributed by atoms with E-state index in [1.165, 1.54) is 12.8 Å². The van der Waals surface area contributed by atoms with E-state index in [2.05, 4.69) is 18.8 Å². The number of amides is 1. The van der Waals surface area contributed by atoms with Crippen LogP contribution in [0.25, 0.3) is 0 Å². The van der Waals surface area contributed by atoms with Gasteiger partial charge in [0.15, 0.2) is 0 Å². The molecule has 1 unspecified atom stereocenters. The summed E-state index contributed by atoms with van der Waals surface area (Å²) >= 11 is 0. The van der Waals surface area contributed by atoms with Gasteiger partial charge in [-0.1, -0.05) is 6.08 Å². The van der Waals surface area contributed by atoms with Gasteiger partial charge in [0.1, 0.15) is 0 Å². The van der Waals surface area contributed by atoms with Crippen molar-refractivity contribution in [3.05, 3.63) is 12.7 Å². The Kier molecular flexibility index (Phi) is 9.87. The molecule has 1 atom stereocenters. The Hall–Kier alpha value is -0.250. The molecule has 1 fully saturated rings. The minimum atomic E-state index is -0.175. The molecule has 3 nitrogen and oxygen atoms in total. The van der Waals surface area contributed by atoms with Crippen LogP contribution in [0.3, 0.4) is 0 Å². The van der Waals surface area contributed by atoms with Gasteiger partial charge in [0.25, 0.3) is 0 Å². The molecule has 5 heteroatoms. The zero-order chi connectivity index (χ0) is 11.3. The highest BCUT2D eigenvalue weighted by Gasteiger charge is 2.41. The molecular formula is C12H24Cl2N2O. The maximum Gasteiger partial charge on any atom is 0.220 e. The van der Waals surface area contributed by atoms with Crippen molar-refractivity contribution in [3.63, 3.8) is 0 Å². The molecule has 1 rings (SSSR count). The van der Waals surface area contributed by atoms with Crippen molar-refractivity contribution in [1.82, 2.24) is 5.32 Å². The van der Waals surface area contributed by atoms with Gasteiger partial charge in [-0.05, 0) is 38.5 Å². The molecule has 0 aromatic heterocycles. The standard InChI is InChI=1S/C12H22N2O.2ClH/c1-3-4-5-6-11(15)14-12(2,9-13)10-7-8-10;;/h3,10H,1,4-9,13H2,2H3,(H,14,15);2*1H. The number of halogens is 2. The molecule has 1 saturated carbocycles. The van der Waals surface area contributed by atoms with E-state index in [-0.39, 0.29) is 36.3 Å². The number of rotatable bonds is 7. The lowest BCUT2D eigenvalue weighted by molar-refractivity contribution is -0.123. The fourth-order valence-electron chi connectivity index (χ4n) is 1.83. The lowest BCUT2D eigenvalue weighted by atomic mass is 9.95. The van der Waals surface area contributed by atoms with Gasteiger partial charge in [0.05, 0.1) is 5.54 Å². The molecule has 1 aliphatic rings. The number of allylic oxidation sites excluding steroid dienone is 1. The lowest BCUT2D eigenvalue weighted by Gasteiger charge is -2.29. The first-order chi connectivity index (χ1) is 7.12. The number of carbonyl (C=O) groups excluding carboxylic acids is 1. The quantitative estimate of drug-likeness (QED) is 0.557. The first kappa shape index (κ1) is 19.1. The smallest absolute Gasteiger partial charge is 0.220 e. The van der Waals surface area contributed by atoms with Crippen molar-refractivity contribution >= 4 is 30.7 Å². The van der Waals surface area contributed by atoms with E-state index in [0.717, 1.165) is 12.8 Å². The number of nitrogens with two attached hydrogens (primary N) is 1. The maximum atomic E-state index is 11.6. The van der Waals surface area contributed by atoms with Crippen molar-refractivity contribution in [1.29, 1.82) is 0 Å². The van der Waals surface area contributed by atoms with Crippen LogP contribution in [0.5, 0.6) is 0 Å². The van der Waals surface area contributed by atoms with Crippen LogP contribution in [0, 0.1) is 5.92 Å². The third-order valence-corrected chi connectivity index (χ3v) is 3.14. The summed E-state index contributed by atoms with van der Waals surface area (Å²) in [4.78, 5) is 11.6. The number of carbonyl (C=O) groups is 1. The summed E-state index contributed by atoms with van der Waals surface area (Å²) < 4.78 is 0. The number of nitrogens with one attached hydrogen (secondary N) is 1. The predicted molar refractivity (Wildman–Crippen MR) is 76.9 cm³/mol. The van der Waals surface area contributed by atoms with Crippen LogP contribution < -0.4 is 11.1 Å². The Balaban J connectivity index is 0. The van der Waals surface area contributed by atoms with Crippen LogP contribution in [-0.4, -0.2) is 18.0 Å². The van der Waals surface area contributed by atoms with Crippen LogP contribution in [0.1, 0.15) is 39.0 Å². The van der Waals surface area contributed by atoms with Crippen LogP contribution in [0.4, 0.5) is 0 Å². The molecule has 0 aromatic carbocycles. The molecule has 0 saturated heterocycles. The molecule has 0 aromatic rings. The van der Waals surface area contributed by atoms with E-state index in [0.29, 0.717) is 18.9 Å². The zero-order valence-electron chi connectivity index (χ0n) is 10.4. The SMILES string of the molecule is C=CCCCC(=O)NC(C)(CN)C1CC1.Cl.Cl. The van der Waals surface area contributed by atoms with Gasteiger partial charge in [-0.3, -0.25) is 4.79 Å². The second kappa shape index (κ2) is 8.78.